The van der Waals surface area contributed by atoms with Gasteiger partial charge in [-0.05, 0) is 51.9 Å². The monoisotopic (exact) mass is 198 g/mol. The second kappa shape index (κ2) is 5.16. The average molecular weight is 198 g/mol. The fourth-order valence-corrected chi connectivity index (χ4v) is 2.19. The maximum Gasteiger partial charge on any atom is 0.0627 e. The van der Waals surface area contributed by atoms with E-state index in [1.807, 2.05) is 0 Å². The molecule has 0 saturated heterocycles. The Hall–Kier alpha value is -0.0400. The Kier molecular flexibility index (Phi) is 4.43. The largest absolute Gasteiger partial charge is 0.372 e. The van der Waals surface area contributed by atoms with E-state index in [0.29, 0.717) is 6.10 Å². The van der Waals surface area contributed by atoms with Crippen molar-refractivity contribution in [3.8, 4) is 0 Å². The summed E-state index contributed by atoms with van der Waals surface area (Å²) < 4.78 is 6.12. The van der Waals surface area contributed by atoms with Crippen LogP contribution in [0.1, 0.15) is 66.2 Å². The quantitative estimate of drug-likeness (QED) is 0.659. The molecule has 84 valence electrons. The topological polar surface area (TPSA) is 9.23 Å². The predicted octanol–water partition coefficient (Wildman–Crippen LogP) is 4.16. The van der Waals surface area contributed by atoms with Gasteiger partial charge in [-0.1, -0.05) is 20.3 Å². The van der Waals surface area contributed by atoms with E-state index in [1.54, 1.807) is 0 Å². The zero-order chi connectivity index (χ0) is 10.6. The Morgan fingerprint density at radius 1 is 1.07 bits per heavy atom. The molecule has 0 atom stereocenters. The highest BCUT2D eigenvalue weighted by atomic mass is 16.5. The van der Waals surface area contributed by atoms with Crippen LogP contribution < -0.4 is 0 Å². The van der Waals surface area contributed by atoms with Crippen LogP contribution in [0.15, 0.2) is 0 Å². The maximum atomic E-state index is 6.12. The van der Waals surface area contributed by atoms with Crippen LogP contribution in [-0.2, 0) is 4.74 Å². The minimum Gasteiger partial charge on any atom is -0.372 e. The van der Waals surface area contributed by atoms with Crippen LogP contribution in [0.3, 0.4) is 0 Å². The number of hydrogen-bond donors (Lipinski definition) is 0. The molecule has 0 aromatic heterocycles. The molecule has 0 aliphatic heterocycles. The molecule has 1 aliphatic rings. The van der Waals surface area contributed by atoms with Gasteiger partial charge in [0.25, 0.3) is 0 Å². The molecule has 1 aliphatic carbocycles. The molecule has 1 rings (SSSR count). The van der Waals surface area contributed by atoms with Crippen molar-refractivity contribution in [3.05, 3.63) is 0 Å². The van der Waals surface area contributed by atoms with E-state index in [4.69, 9.17) is 4.74 Å². The SMILES string of the molecule is CCC1CCC(OC(C)(C)CC)CC1. The van der Waals surface area contributed by atoms with Crippen molar-refractivity contribution in [2.24, 2.45) is 5.92 Å². The molecule has 0 bridgehead atoms. The van der Waals surface area contributed by atoms with Gasteiger partial charge < -0.3 is 4.74 Å². The Bertz CT molecular complexity index is 155. The molecular formula is C13H26O. The zero-order valence-corrected chi connectivity index (χ0v) is 10.3. The first kappa shape index (κ1) is 12.0. The third-order valence-corrected chi connectivity index (χ3v) is 3.71. The molecule has 0 aromatic carbocycles. The van der Waals surface area contributed by atoms with Crippen LogP contribution in [-0.4, -0.2) is 11.7 Å². The lowest BCUT2D eigenvalue weighted by molar-refractivity contribution is -0.0904. The summed E-state index contributed by atoms with van der Waals surface area (Å²) in [5, 5.41) is 0. The lowest BCUT2D eigenvalue weighted by Crippen LogP contribution is -2.32. The number of rotatable bonds is 4. The minimum absolute atomic E-state index is 0.0870. The first-order valence-electron chi connectivity index (χ1n) is 6.25. The van der Waals surface area contributed by atoms with Crippen LogP contribution >= 0.6 is 0 Å². The molecule has 0 heterocycles. The van der Waals surface area contributed by atoms with E-state index in [1.165, 1.54) is 32.1 Å². The Labute approximate surface area is 89.2 Å². The van der Waals surface area contributed by atoms with Crippen LogP contribution in [0, 0.1) is 5.92 Å². The second-order valence-electron chi connectivity index (χ2n) is 5.28. The molecule has 0 spiro atoms. The lowest BCUT2D eigenvalue weighted by Gasteiger charge is -2.34. The van der Waals surface area contributed by atoms with Crippen molar-refractivity contribution < 1.29 is 4.74 Å². The summed E-state index contributed by atoms with van der Waals surface area (Å²) in [6.45, 7) is 8.93. The Morgan fingerprint density at radius 3 is 2.07 bits per heavy atom. The lowest BCUT2D eigenvalue weighted by atomic mass is 9.85. The Morgan fingerprint density at radius 2 is 1.64 bits per heavy atom. The summed E-state index contributed by atoms with van der Waals surface area (Å²) in [5.74, 6) is 0.972. The fourth-order valence-electron chi connectivity index (χ4n) is 2.19. The first-order valence-corrected chi connectivity index (χ1v) is 6.25. The van der Waals surface area contributed by atoms with Gasteiger partial charge in [0.1, 0.15) is 0 Å². The van der Waals surface area contributed by atoms with E-state index in [2.05, 4.69) is 27.7 Å². The molecule has 0 unspecified atom stereocenters. The van der Waals surface area contributed by atoms with Gasteiger partial charge in [0.15, 0.2) is 0 Å². The molecule has 0 radical (unpaired) electrons. The van der Waals surface area contributed by atoms with Gasteiger partial charge >= 0.3 is 0 Å². The summed E-state index contributed by atoms with van der Waals surface area (Å²) in [4.78, 5) is 0. The third kappa shape index (κ3) is 3.61. The van der Waals surface area contributed by atoms with Gasteiger partial charge in [-0.15, -0.1) is 0 Å². The van der Waals surface area contributed by atoms with Crippen molar-refractivity contribution in [3.63, 3.8) is 0 Å². The molecule has 1 nitrogen and oxygen atoms in total. The van der Waals surface area contributed by atoms with E-state index in [0.717, 1.165) is 12.3 Å². The summed E-state index contributed by atoms with van der Waals surface area (Å²) in [5.41, 5.74) is 0.0870. The summed E-state index contributed by atoms with van der Waals surface area (Å²) in [6, 6.07) is 0. The van der Waals surface area contributed by atoms with Crippen molar-refractivity contribution >= 4 is 0 Å². The fraction of sp³-hybridized carbons (Fsp3) is 1.00. The van der Waals surface area contributed by atoms with E-state index < -0.39 is 0 Å². The smallest absolute Gasteiger partial charge is 0.0627 e. The highest BCUT2D eigenvalue weighted by Gasteiger charge is 2.25. The van der Waals surface area contributed by atoms with Gasteiger partial charge in [-0.25, -0.2) is 0 Å². The molecule has 0 aromatic rings. The molecule has 1 fully saturated rings. The molecule has 14 heavy (non-hydrogen) atoms. The van der Waals surface area contributed by atoms with Crippen molar-refractivity contribution in [1.82, 2.24) is 0 Å². The summed E-state index contributed by atoms with van der Waals surface area (Å²) in [7, 11) is 0. The molecule has 1 saturated carbocycles. The number of hydrogen-bond acceptors (Lipinski definition) is 1. The van der Waals surface area contributed by atoms with Crippen molar-refractivity contribution in [1.29, 1.82) is 0 Å². The van der Waals surface area contributed by atoms with Crippen molar-refractivity contribution in [2.45, 2.75) is 77.9 Å². The van der Waals surface area contributed by atoms with Crippen LogP contribution in [0.2, 0.25) is 0 Å². The van der Waals surface area contributed by atoms with Crippen LogP contribution in [0.5, 0.6) is 0 Å². The maximum absolute atomic E-state index is 6.12. The zero-order valence-electron chi connectivity index (χ0n) is 10.3. The van der Waals surface area contributed by atoms with Crippen LogP contribution in [0.4, 0.5) is 0 Å². The highest BCUT2D eigenvalue weighted by molar-refractivity contribution is 4.76. The minimum atomic E-state index is 0.0870. The van der Waals surface area contributed by atoms with E-state index in [9.17, 15) is 0 Å². The molecular weight excluding hydrogens is 172 g/mol. The highest BCUT2D eigenvalue weighted by Crippen LogP contribution is 2.31. The Balaban J connectivity index is 2.28. The second-order valence-corrected chi connectivity index (χ2v) is 5.28. The molecule has 0 N–H and O–H groups in total. The van der Waals surface area contributed by atoms with E-state index >= 15 is 0 Å². The standard InChI is InChI=1S/C13H26O/c1-5-11-7-9-12(10-8-11)14-13(3,4)6-2/h11-12H,5-10H2,1-4H3. The average Bonchev–Trinajstić information content (AvgIpc) is 2.19. The van der Waals surface area contributed by atoms with Gasteiger partial charge in [-0.3, -0.25) is 0 Å². The van der Waals surface area contributed by atoms with Gasteiger partial charge in [0.2, 0.25) is 0 Å². The summed E-state index contributed by atoms with van der Waals surface area (Å²) >= 11 is 0. The molecule has 0 amide bonds. The number of ether oxygens (including phenoxy) is 1. The van der Waals surface area contributed by atoms with Gasteiger partial charge in [0, 0.05) is 0 Å². The van der Waals surface area contributed by atoms with Crippen LogP contribution in [0.25, 0.3) is 0 Å². The predicted molar refractivity (Wildman–Crippen MR) is 61.5 cm³/mol. The molecule has 1 heteroatoms. The first-order chi connectivity index (χ1) is 6.57. The summed E-state index contributed by atoms with van der Waals surface area (Å²) in [6.07, 6.45) is 8.31. The van der Waals surface area contributed by atoms with E-state index in [-0.39, 0.29) is 5.60 Å². The van der Waals surface area contributed by atoms with Gasteiger partial charge in [-0.2, -0.15) is 0 Å². The van der Waals surface area contributed by atoms with Crippen molar-refractivity contribution in [2.75, 3.05) is 0 Å². The normalized spacial score (nSPS) is 29.1. The third-order valence-electron chi connectivity index (χ3n) is 3.71. The van der Waals surface area contributed by atoms with Gasteiger partial charge in [0.05, 0.1) is 11.7 Å².